The first kappa shape index (κ1) is 15.1. The van der Waals surface area contributed by atoms with Gasteiger partial charge in [0, 0.05) is 23.0 Å². The van der Waals surface area contributed by atoms with Crippen molar-refractivity contribution in [3.05, 3.63) is 52.7 Å². The Hall–Kier alpha value is -2.28. The normalized spacial score (nSPS) is 13.2. The molecule has 0 spiro atoms. The predicted molar refractivity (Wildman–Crippen MR) is 73.3 cm³/mol. The zero-order valence-corrected chi connectivity index (χ0v) is 11.1. The molecule has 0 radical (unpaired) electrons. The third kappa shape index (κ3) is 3.08. The Bertz CT molecular complexity index is 671. The summed E-state index contributed by atoms with van der Waals surface area (Å²) in [7, 11) is 0. The maximum absolute atomic E-state index is 12.7. The van der Waals surface area contributed by atoms with Crippen molar-refractivity contribution in [1.29, 1.82) is 0 Å². The number of hydrogen-bond donors (Lipinski definition) is 3. The molecule has 0 saturated carbocycles. The minimum absolute atomic E-state index is 0.0462. The number of alkyl halides is 3. The van der Waals surface area contributed by atoms with Crippen LogP contribution in [0.3, 0.4) is 0 Å². The Balaban J connectivity index is 2.52. The molecule has 5 N–H and O–H groups in total. The number of aliphatic hydroxyl groups excluding tert-OH is 1. The van der Waals surface area contributed by atoms with E-state index < -0.39 is 17.8 Å². The van der Waals surface area contributed by atoms with E-state index in [0.717, 1.165) is 23.8 Å². The van der Waals surface area contributed by atoms with Crippen LogP contribution in [0.1, 0.15) is 28.4 Å². The number of rotatable bonds is 2. The molecule has 1 atom stereocenters. The van der Waals surface area contributed by atoms with Crippen molar-refractivity contribution in [2.75, 3.05) is 11.5 Å². The van der Waals surface area contributed by atoms with Gasteiger partial charge in [-0.25, -0.2) is 4.98 Å². The molecule has 0 aliphatic carbocycles. The predicted octanol–water partition coefficient (Wildman–Crippen LogP) is 2.65. The Morgan fingerprint density at radius 1 is 1.14 bits per heavy atom. The van der Waals surface area contributed by atoms with Gasteiger partial charge in [-0.1, -0.05) is 0 Å². The molecule has 0 fully saturated rings. The van der Waals surface area contributed by atoms with Gasteiger partial charge in [0.1, 0.15) is 11.9 Å². The molecule has 0 saturated heterocycles. The van der Waals surface area contributed by atoms with Gasteiger partial charge in [0.15, 0.2) is 0 Å². The monoisotopic (exact) mass is 297 g/mol. The second kappa shape index (κ2) is 5.25. The van der Waals surface area contributed by atoms with Gasteiger partial charge in [-0.3, -0.25) is 0 Å². The van der Waals surface area contributed by atoms with E-state index in [-0.39, 0.29) is 22.6 Å². The van der Waals surface area contributed by atoms with Crippen molar-refractivity contribution in [2.45, 2.75) is 19.2 Å². The molecule has 21 heavy (non-hydrogen) atoms. The van der Waals surface area contributed by atoms with Gasteiger partial charge in [-0.15, -0.1) is 0 Å². The highest BCUT2D eigenvalue weighted by Gasteiger charge is 2.32. The van der Waals surface area contributed by atoms with Crippen molar-refractivity contribution in [3.63, 3.8) is 0 Å². The van der Waals surface area contributed by atoms with Gasteiger partial charge in [0.2, 0.25) is 0 Å². The topological polar surface area (TPSA) is 85.2 Å². The summed E-state index contributed by atoms with van der Waals surface area (Å²) in [5, 5.41) is 10.3. The molecule has 7 heteroatoms. The van der Waals surface area contributed by atoms with Crippen LogP contribution in [0.4, 0.5) is 24.7 Å². The highest BCUT2D eigenvalue weighted by molar-refractivity contribution is 5.55. The minimum atomic E-state index is -4.52. The van der Waals surface area contributed by atoms with Crippen molar-refractivity contribution < 1.29 is 18.3 Å². The lowest BCUT2D eigenvalue weighted by atomic mass is 9.97. The summed E-state index contributed by atoms with van der Waals surface area (Å²) < 4.78 is 38.2. The zero-order chi connectivity index (χ0) is 15.8. The van der Waals surface area contributed by atoms with Crippen LogP contribution < -0.4 is 11.5 Å². The number of hydrogen-bond acceptors (Lipinski definition) is 4. The van der Waals surface area contributed by atoms with Crippen LogP contribution in [0.5, 0.6) is 0 Å². The van der Waals surface area contributed by atoms with E-state index in [1.165, 1.54) is 6.20 Å². The number of anilines is 2. The number of nitrogens with zero attached hydrogens (tertiary/aromatic N) is 1. The second-order valence-electron chi connectivity index (χ2n) is 4.73. The SMILES string of the molecule is Cc1cnc(N)c(C(O)c2cc(C(F)(F)F)ccc2N)c1. The van der Waals surface area contributed by atoms with E-state index in [2.05, 4.69) is 4.98 Å². The Kier molecular flexibility index (Phi) is 3.78. The largest absolute Gasteiger partial charge is 0.416 e. The molecule has 0 aliphatic rings. The highest BCUT2D eigenvalue weighted by atomic mass is 19.4. The van der Waals surface area contributed by atoms with Gasteiger partial charge in [-0.05, 0) is 36.8 Å². The second-order valence-corrected chi connectivity index (χ2v) is 4.73. The first-order valence-corrected chi connectivity index (χ1v) is 6.07. The van der Waals surface area contributed by atoms with Crippen LogP contribution in [0.2, 0.25) is 0 Å². The summed E-state index contributed by atoms with van der Waals surface area (Å²) in [5.74, 6) is 0.0462. The average Bonchev–Trinajstić information content (AvgIpc) is 2.40. The van der Waals surface area contributed by atoms with E-state index in [1.807, 2.05) is 0 Å². The Labute approximate surface area is 119 Å². The van der Waals surface area contributed by atoms with E-state index in [9.17, 15) is 18.3 Å². The van der Waals surface area contributed by atoms with Crippen LogP contribution in [0.15, 0.2) is 30.5 Å². The number of aryl methyl sites for hydroxylation is 1. The first-order valence-electron chi connectivity index (χ1n) is 6.07. The summed E-state index contributed by atoms with van der Waals surface area (Å²) in [6.45, 7) is 1.73. The molecule has 4 nitrogen and oxygen atoms in total. The maximum Gasteiger partial charge on any atom is 0.416 e. The number of aliphatic hydroxyl groups is 1. The molecule has 1 aromatic carbocycles. The van der Waals surface area contributed by atoms with Crippen LogP contribution in [-0.4, -0.2) is 10.1 Å². The van der Waals surface area contributed by atoms with Crippen molar-refractivity contribution in [1.82, 2.24) is 4.98 Å². The van der Waals surface area contributed by atoms with Crippen molar-refractivity contribution in [2.24, 2.45) is 0 Å². The molecule has 0 aliphatic heterocycles. The van der Waals surface area contributed by atoms with E-state index in [0.29, 0.717) is 0 Å². The molecule has 0 bridgehead atoms. The molecular formula is C14H14F3N3O. The van der Waals surface area contributed by atoms with Gasteiger partial charge in [0.05, 0.1) is 5.56 Å². The lowest BCUT2D eigenvalue weighted by molar-refractivity contribution is -0.137. The summed E-state index contributed by atoms with van der Waals surface area (Å²) in [4.78, 5) is 3.88. The van der Waals surface area contributed by atoms with Gasteiger partial charge >= 0.3 is 6.18 Å². The van der Waals surface area contributed by atoms with E-state index >= 15 is 0 Å². The number of halogens is 3. The average molecular weight is 297 g/mol. The Morgan fingerprint density at radius 2 is 1.81 bits per heavy atom. The first-order chi connectivity index (χ1) is 9.70. The smallest absolute Gasteiger partial charge is 0.398 e. The lowest BCUT2D eigenvalue weighted by Gasteiger charge is -2.17. The van der Waals surface area contributed by atoms with Gasteiger partial charge in [-0.2, -0.15) is 13.2 Å². The van der Waals surface area contributed by atoms with Crippen molar-refractivity contribution >= 4 is 11.5 Å². The van der Waals surface area contributed by atoms with Gasteiger partial charge in [0.25, 0.3) is 0 Å². The van der Waals surface area contributed by atoms with Crippen molar-refractivity contribution in [3.8, 4) is 0 Å². The van der Waals surface area contributed by atoms with Crippen LogP contribution in [0, 0.1) is 6.92 Å². The molecule has 2 aromatic rings. The fourth-order valence-corrected chi connectivity index (χ4v) is 1.98. The summed E-state index contributed by atoms with van der Waals surface area (Å²) >= 11 is 0. The fourth-order valence-electron chi connectivity index (χ4n) is 1.98. The molecule has 112 valence electrons. The van der Waals surface area contributed by atoms with Crippen LogP contribution >= 0.6 is 0 Å². The summed E-state index contributed by atoms with van der Waals surface area (Å²) in [6, 6.07) is 4.36. The number of nitrogens with two attached hydrogens (primary N) is 2. The number of nitrogen functional groups attached to an aromatic ring is 2. The molecule has 1 aromatic heterocycles. The zero-order valence-electron chi connectivity index (χ0n) is 11.1. The number of benzene rings is 1. The molecule has 1 unspecified atom stereocenters. The molecule has 0 amide bonds. The minimum Gasteiger partial charge on any atom is -0.398 e. The van der Waals surface area contributed by atoms with Gasteiger partial charge < -0.3 is 16.6 Å². The summed E-state index contributed by atoms with van der Waals surface area (Å²) in [5.41, 5.74) is 11.4. The number of aromatic nitrogens is 1. The third-order valence-corrected chi connectivity index (χ3v) is 3.09. The third-order valence-electron chi connectivity index (χ3n) is 3.09. The van der Waals surface area contributed by atoms with Crippen LogP contribution in [0.25, 0.3) is 0 Å². The molecule has 2 rings (SSSR count). The van der Waals surface area contributed by atoms with E-state index in [1.54, 1.807) is 13.0 Å². The molecule has 1 heterocycles. The highest BCUT2D eigenvalue weighted by Crippen LogP contribution is 2.35. The Morgan fingerprint density at radius 3 is 2.43 bits per heavy atom. The fraction of sp³-hybridized carbons (Fsp3) is 0.214. The summed E-state index contributed by atoms with van der Waals surface area (Å²) in [6.07, 6.45) is -4.39. The maximum atomic E-state index is 12.7. The quantitative estimate of drug-likeness (QED) is 0.744. The molecular weight excluding hydrogens is 283 g/mol. The number of pyridine rings is 1. The van der Waals surface area contributed by atoms with Crippen LogP contribution in [-0.2, 0) is 6.18 Å². The lowest BCUT2D eigenvalue weighted by Crippen LogP contribution is -2.11. The standard InChI is InChI=1S/C14H14F3N3O/c1-7-4-10(13(19)20-6-7)12(21)9-5-8(14(15,16)17)2-3-11(9)18/h2-6,12,21H,18H2,1H3,(H2,19,20). The van der Waals surface area contributed by atoms with E-state index in [4.69, 9.17) is 11.5 Å².